The van der Waals surface area contributed by atoms with Gasteiger partial charge in [-0.1, -0.05) is 140 Å². The summed E-state index contributed by atoms with van der Waals surface area (Å²) < 4.78 is 0. The molecule has 1 aliphatic heterocycles. The molecule has 8 rings (SSSR count). The summed E-state index contributed by atoms with van der Waals surface area (Å²) in [6.07, 6.45) is -0.260. The molecular weight excluding hydrogens is 534 g/mol. The molecule has 0 saturated carbocycles. The Balaban J connectivity index is 1.35. The highest BCUT2D eigenvalue weighted by molar-refractivity contribution is 6.16. The van der Waals surface area contributed by atoms with E-state index < -0.39 is 0 Å². The van der Waals surface area contributed by atoms with Crippen molar-refractivity contribution in [3.8, 4) is 22.3 Å². The van der Waals surface area contributed by atoms with Crippen LogP contribution >= 0.6 is 0 Å². The molecular formula is C41H29N3. The second-order valence-corrected chi connectivity index (χ2v) is 11.1. The fraction of sp³-hybridized carbons (Fsp3) is 0.0244. The first-order valence-corrected chi connectivity index (χ1v) is 15.0. The molecule has 0 radical (unpaired) electrons. The number of amidine groups is 2. The molecule has 1 atom stereocenters. The summed E-state index contributed by atoms with van der Waals surface area (Å²) in [4.78, 5) is 10.2. The van der Waals surface area contributed by atoms with Gasteiger partial charge in [0.2, 0.25) is 0 Å². The van der Waals surface area contributed by atoms with Crippen LogP contribution in [0.2, 0.25) is 0 Å². The number of nitrogens with zero attached hydrogens (tertiary/aromatic N) is 2. The lowest BCUT2D eigenvalue weighted by molar-refractivity contribution is 0.674. The zero-order valence-electron chi connectivity index (χ0n) is 24.1. The molecule has 3 heteroatoms. The number of benzene rings is 7. The number of rotatable bonds is 5. The fourth-order valence-corrected chi connectivity index (χ4v) is 6.13. The fourth-order valence-electron chi connectivity index (χ4n) is 6.13. The summed E-state index contributed by atoms with van der Waals surface area (Å²) in [5, 5.41) is 8.64. The first-order chi connectivity index (χ1) is 21.8. The predicted octanol–water partition coefficient (Wildman–Crippen LogP) is 9.82. The first kappa shape index (κ1) is 25.9. The Morgan fingerprint density at radius 3 is 1.75 bits per heavy atom. The van der Waals surface area contributed by atoms with Gasteiger partial charge in [0.25, 0.3) is 0 Å². The van der Waals surface area contributed by atoms with Crippen LogP contribution in [0, 0.1) is 0 Å². The van der Waals surface area contributed by atoms with Crippen LogP contribution in [-0.2, 0) is 0 Å². The van der Waals surface area contributed by atoms with E-state index in [1.807, 2.05) is 24.3 Å². The largest absolute Gasteiger partial charge is 0.344 e. The number of nitrogens with one attached hydrogen (secondary N) is 1. The van der Waals surface area contributed by atoms with Crippen LogP contribution in [0.1, 0.15) is 22.9 Å². The van der Waals surface area contributed by atoms with Gasteiger partial charge < -0.3 is 5.32 Å². The van der Waals surface area contributed by atoms with E-state index in [0.717, 1.165) is 45.1 Å². The molecule has 0 fully saturated rings. The zero-order chi connectivity index (χ0) is 29.3. The Bertz CT molecular complexity index is 2180. The van der Waals surface area contributed by atoms with Crippen molar-refractivity contribution in [1.29, 1.82) is 0 Å². The molecule has 0 aromatic heterocycles. The molecule has 0 saturated heterocycles. The predicted molar refractivity (Wildman–Crippen MR) is 184 cm³/mol. The minimum Gasteiger partial charge on any atom is -0.344 e. The molecule has 44 heavy (non-hydrogen) atoms. The highest BCUT2D eigenvalue weighted by Crippen LogP contribution is 2.37. The quantitative estimate of drug-likeness (QED) is 0.208. The van der Waals surface area contributed by atoms with Crippen molar-refractivity contribution in [2.75, 3.05) is 0 Å². The van der Waals surface area contributed by atoms with Gasteiger partial charge in [-0.2, -0.15) is 0 Å². The summed E-state index contributed by atoms with van der Waals surface area (Å²) in [6.45, 7) is 0. The molecule has 1 unspecified atom stereocenters. The van der Waals surface area contributed by atoms with E-state index in [4.69, 9.17) is 9.98 Å². The zero-order valence-corrected chi connectivity index (χ0v) is 24.1. The number of hydrogen-bond donors (Lipinski definition) is 1. The average Bonchev–Trinajstić information content (AvgIpc) is 3.12. The third kappa shape index (κ3) is 4.85. The lowest BCUT2D eigenvalue weighted by Crippen LogP contribution is -2.33. The van der Waals surface area contributed by atoms with Crippen LogP contribution in [0.4, 0.5) is 0 Å². The van der Waals surface area contributed by atoms with Gasteiger partial charge in [0.05, 0.1) is 0 Å². The Labute approximate surface area is 256 Å². The average molecular weight is 564 g/mol. The number of hydrogen-bond acceptors (Lipinski definition) is 3. The van der Waals surface area contributed by atoms with Crippen molar-refractivity contribution in [2.45, 2.75) is 6.17 Å². The van der Waals surface area contributed by atoms with Crippen LogP contribution < -0.4 is 5.32 Å². The van der Waals surface area contributed by atoms with Crippen molar-refractivity contribution >= 4 is 33.2 Å². The SMILES string of the molecule is c1ccc(C2=NC(c3ccccc3)NC(c3cc(-c4ccccc4)cc(-c4cc5ccccc5c5ccccc45)c3)=N2)cc1. The van der Waals surface area contributed by atoms with Crippen LogP contribution in [0.15, 0.2) is 174 Å². The van der Waals surface area contributed by atoms with E-state index >= 15 is 0 Å². The highest BCUT2D eigenvalue weighted by Gasteiger charge is 2.22. The van der Waals surface area contributed by atoms with Gasteiger partial charge in [0, 0.05) is 11.1 Å². The molecule has 7 aromatic rings. The molecule has 1 heterocycles. The van der Waals surface area contributed by atoms with Crippen molar-refractivity contribution in [1.82, 2.24) is 5.32 Å². The first-order valence-electron chi connectivity index (χ1n) is 15.0. The molecule has 0 bridgehead atoms. The summed E-state index contributed by atoms with van der Waals surface area (Å²) >= 11 is 0. The van der Waals surface area contributed by atoms with Crippen LogP contribution in [0.5, 0.6) is 0 Å². The van der Waals surface area contributed by atoms with Gasteiger partial charge >= 0.3 is 0 Å². The Kier molecular flexibility index (Phi) is 6.54. The third-order valence-corrected chi connectivity index (χ3v) is 8.28. The lowest BCUT2D eigenvalue weighted by atomic mass is 9.90. The standard InChI is InChI=1S/C41H29N3/c1-4-14-28(15-5-1)32-24-33(38-27-31-20-10-11-21-35(31)36-22-12-13-23-37(36)38)26-34(25-32)41-43-39(29-16-6-2-7-17-29)42-40(44-41)30-18-8-3-9-19-30/h1-27,39H,(H,42,43,44). The van der Waals surface area contributed by atoms with Crippen LogP contribution in [0.3, 0.4) is 0 Å². The molecule has 208 valence electrons. The second kappa shape index (κ2) is 11.1. The van der Waals surface area contributed by atoms with Crippen molar-refractivity contribution in [3.05, 3.63) is 180 Å². The summed E-state index contributed by atoms with van der Waals surface area (Å²) in [6, 6.07) is 57.7. The number of aliphatic imine (C=N–C) groups is 2. The maximum Gasteiger partial charge on any atom is 0.159 e. The summed E-state index contributed by atoms with van der Waals surface area (Å²) in [5.74, 6) is 1.52. The third-order valence-electron chi connectivity index (χ3n) is 8.28. The number of fused-ring (bicyclic) bond motifs is 3. The molecule has 0 spiro atoms. The van der Waals surface area contributed by atoms with E-state index in [1.54, 1.807) is 0 Å². The highest BCUT2D eigenvalue weighted by atomic mass is 15.2. The van der Waals surface area contributed by atoms with Gasteiger partial charge in [-0.25, -0.2) is 9.98 Å². The van der Waals surface area contributed by atoms with Crippen LogP contribution in [0.25, 0.3) is 43.8 Å². The molecule has 1 aliphatic rings. The van der Waals surface area contributed by atoms with Gasteiger partial charge in [-0.05, 0) is 73.6 Å². The smallest absolute Gasteiger partial charge is 0.159 e. The normalized spacial score (nSPS) is 14.6. The van der Waals surface area contributed by atoms with E-state index in [1.165, 1.54) is 27.1 Å². The van der Waals surface area contributed by atoms with Gasteiger partial charge in [0.15, 0.2) is 5.84 Å². The second-order valence-electron chi connectivity index (χ2n) is 11.1. The molecule has 7 aromatic carbocycles. The molecule has 1 N–H and O–H groups in total. The minimum atomic E-state index is -0.260. The molecule has 0 aliphatic carbocycles. The summed E-state index contributed by atoms with van der Waals surface area (Å²) in [5.41, 5.74) is 7.75. The Morgan fingerprint density at radius 2 is 1.00 bits per heavy atom. The molecule has 0 amide bonds. The topological polar surface area (TPSA) is 36.8 Å². The maximum atomic E-state index is 5.14. The monoisotopic (exact) mass is 563 g/mol. The van der Waals surface area contributed by atoms with E-state index in [9.17, 15) is 0 Å². The minimum absolute atomic E-state index is 0.260. The Morgan fingerprint density at radius 1 is 0.432 bits per heavy atom. The van der Waals surface area contributed by atoms with E-state index in [2.05, 4.69) is 145 Å². The van der Waals surface area contributed by atoms with Gasteiger partial charge in [-0.15, -0.1) is 0 Å². The van der Waals surface area contributed by atoms with Gasteiger partial charge in [-0.3, -0.25) is 0 Å². The van der Waals surface area contributed by atoms with E-state index in [-0.39, 0.29) is 6.17 Å². The van der Waals surface area contributed by atoms with Crippen molar-refractivity contribution in [2.24, 2.45) is 9.98 Å². The van der Waals surface area contributed by atoms with Crippen molar-refractivity contribution < 1.29 is 0 Å². The Hall–Kier alpha value is -5.80. The van der Waals surface area contributed by atoms with E-state index in [0.29, 0.717) is 0 Å². The van der Waals surface area contributed by atoms with Gasteiger partial charge in [0.1, 0.15) is 12.0 Å². The van der Waals surface area contributed by atoms with Crippen LogP contribution in [-0.4, -0.2) is 11.7 Å². The lowest BCUT2D eigenvalue weighted by Gasteiger charge is -2.24. The molecule has 3 nitrogen and oxygen atoms in total. The summed E-state index contributed by atoms with van der Waals surface area (Å²) in [7, 11) is 0. The maximum absolute atomic E-state index is 5.14. The van der Waals surface area contributed by atoms with Crippen molar-refractivity contribution in [3.63, 3.8) is 0 Å².